The number of hydrogen-bond donors (Lipinski definition) is 1. The van der Waals surface area contributed by atoms with E-state index in [0.717, 1.165) is 21.8 Å². The largest absolute Gasteiger partial charge is 0.506 e. The zero-order chi connectivity index (χ0) is 23.1. The Labute approximate surface area is 199 Å². The molecule has 0 atom stereocenters. The van der Waals surface area contributed by atoms with Crippen molar-refractivity contribution in [3.63, 3.8) is 0 Å². The summed E-state index contributed by atoms with van der Waals surface area (Å²) in [5.41, 5.74) is 1.60. The summed E-state index contributed by atoms with van der Waals surface area (Å²) in [5, 5.41) is 10.9. The average molecular weight is 516 g/mol. The Bertz CT molecular complexity index is 1110. The molecule has 1 heterocycles. The molecule has 2 aromatic rings. The smallest absolute Gasteiger partial charge is 0.344 e. The Morgan fingerprint density at radius 1 is 1.16 bits per heavy atom. The van der Waals surface area contributed by atoms with Crippen molar-refractivity contribution in [1.29, 1.82) is 0 Å². The Balaban J connectivity index is 1.97. The van der Waals surface area contributed by atoms with Crippen LogP contribution in [0.15, 0.2) is 74.2 Å². The molecule has 8 heteroatoms. The number of aliphatic hydroxyl groups excluding tert-OH is 1. The zero-order valence-electron chi connectivity index (χ0n) is 17.6. The number of aliphatic imine (C=N–C) groups is 1. The fourth-order valence-corrected chi connectivity index (χ4v) is 4.23. The molecule has 0 radical (unpaired) electrons. The number of ether oxygens (including phenoxy) is 2. The highest BCUT2D eigenvalue weighted by Crippen LogP contribution is 2.40. The van der Waals surface area contributed by atoms with E-state index in [1.54, 1.807) is 19.9 Å². The molecule has 0 saturated heterocycles. The average Bonchev–Trinajstić information content (AvgIpc) is 3.08. The standard InChI is InChI=1S/C24H22BrNO5S/c1-3-20(27)26-23-21(24(29)30-4-2)22(28)19(32-23)13-16-12-17(25)10-11-18(16)31-14-15-8-6-5-7-9-15/h5-13,28H,3-4,14H2,1-2H3/b19-13-,26-23?. The minimum Gasteiger partial charge on any atom is -0.506 e. The van der Waals surface area contributed by atoms with Gasteiger partial charge in [0.15, 0.2) is 0 Å². The molecule has 3 rings (SSSR count). The first kappa shape index (κ1) is 23.8. The Morgan fingerprint density at radius 3 is 2.59 bits per heavy atom. The van der Waals surface area contributed by atoms with Crippen molar-refractivity contribution in [2.24, 2.45) is 4.99 Å². The number of nitrogens with zero attached hydrogens (tertiary/aromatic N) is 1. The van der Waals surface area contributed by atoms with Crippen LogP contribution in [0.2, 0.25) is 0 Å². The van der Waals surface area contributed by atoms with Crippen LogP contribution >= 0.6 is 27.7 Å². The van der Waals surface area contributed by atoms with E-state index in [4.69, 9.17) is 9.47 Å². The highest BCUT2D eigenvalue weighted by molar-refractivity contribution is 9.10. The van der Waals surface area contributed by atoms with E-state index in [1.807, 2.05) is 48.5 Å². The second-order valence-corrected chi connectivity index (χ2v) is 8.62. The number of benzene rings is 2. The van der Waals surface area contributed by atoms with Gasteiger partial charge in [0.1, 0.15) is 28.7 Å². The second-order valence-electron chi connectivity index (χ2n) is 6.68. The van der Waals surface area contributed by atoms with Gasteiger partial charge in [0.2, 0.25) is 5.91 Å². The Kier molecular flexibility index (Phi) is 8.30. The lowest BCUT2D eigenvalue weighted by molar-refractivity contribution is -0.138. The van der Waals surface area contributed by atoms with Gasteiger partial charge in [-0.3, -0.25) is 4.79 Å². The van der Waals surface area contributed by atoms with E-state index >= 15 is 0 Å². The fraction of sp³-hybridized carbons (Fsp3) is 0.208. The van der Waals surface area contributed by atoms with Crippen LogP contribution in [-0.4, -0.2) is 28.6 Å². The summed E-state index contributed by atoms with van der Waals surface area (Å²) in [6, 6.07) is 15.3. The predicted octanol–water partition coefficient (Wildman–Crippen LogP) is 5.83. The van der Waals surface area contributed by atoms with Crippen molar-refractivity contribution in [2.45, 2.75) is 26.9 Å². The van der Waals surface area contributed by atoms with Crippen molar-refractivity contribution < 1.29 is 24.2 Å². The lowest BCUT2D eigenvalue weighted by Gasteiger charge is -2.11. The van der Waals surface area contributed by atoms with Crippen molar-refractivity contribution >= 4 is 50.7 Å². The molecular weight excluding hydrogens is 494 g/mol. The van der Waals surface area contributed by atoms with Gasteiger partial charge in [-0.05, 0) is 36.8 Å². The van der Waals surface area contributed by atoms with Crippen molar-refractivity contribution in [2.75, 3.05) is 6.61 Å². The van der Waals surface area contributed by atoms with E-state index in [9.17, 15) is 14.7 Å². The third kappa shape index (κ3) is 5.89. The topological polar surface area (TPSA) is 85.2 Å². The third-order valence-corrected chi connectivity index (χ3v) is 5.91. The normalized spacial score (nSPS) is 16.0. The van der Waals surface area contributed by atoms with Gasteiger partial charge in [-0.15, -0.1) is 0 Å². The number of esters is 1. The summed E-state index contributed by atoms with van der Waals surface area (Å²) in [5.74, 6) is -0.785. The van der Waals surface area contributed by atoms with Gasteiger partial charge in [0, 0.05) is 16.5 Å². The van der Waals surface area contributed by atoms with Gasteiger partial charge >= 0.3 is 5.97 Å². The van der Waals surface area contributed by atoms with E-state index in [1.165, 1.54) is 0 Å². The summed E-state index contributed by atoms with van der Waals surface area (Å²) >= 11 is 4.50. The molecular formula is C24H22BrNO5S. The lowest BCUT2D eigenvalue weighted by atomic mass is 10.1. The number of carbonyl (C=O) groups is 2. The molecule has 0 fully saturated rings. The number of aliphatic hydroxyl groups is 1. The van der Waals surface area contributed by atoms with E-state index in [2.05, 4.69) is 20.9 Å². The molecule has 1 amide bonds. The minimum atomic E-state index is -0.724. The number of hydrogen-bond acceptors (Lipinski definition) is 6. The first-order valence-corrected chi connectivity index (χ1v) is 11.6. The quantitative estimate of drug-likeness (QED) is 0.467. The number of rotatable bonds is 7. The molecule has 0 aliphatic carbocycles. The minimum absolute atomic E-state index is 0.105. The van der Waals surface area contributed by atoms with Crippen LogP contribution in [0.1, 0.15) is 31.4 Å². The first-order chi connectivity index (χ1) is 15.4. The monoisotopic (exact) mass is 515 g/mol. The number of halogens is 1. The fourth-order valence-electron chi connectivity index (χ4n) is 2.82. The summed E-state index contributed by atoms with van der Waals surface area (Å²) in [6.45, 7) is 3.85. The summed E-state index contributed by atoms with van der Waals surface area (Å²) in [7, 11) is 0. The number of carbonyl (C=O) groups excluding carboxylic acids is 2. The van der Waals surface area contributed by atoms with Crippen LogP contribution in [0.4, 0.5) is 0 Å². The van der Waals surface area contributed by atoms with Crippen LogP contribution < -0.4 is 4.74 Å². The van der Waals surface area contributed by atoms with E-state index in [0.29, 0.717) is 22.8 Å². The Hall–Kier alpha value is -2.84. The van der Waals surface area contributed by atoms with Gasteiger partial charge in [-0.1, -0.05) is 64.9 Å². The summed E-state index contributed by atoms with van der Waals surface area (Å²) in [4.78, 5) is 28.6. The molecule has 1 N–H and O–H groups in total. The molecule has 1 aliphatic heterocycles. The second kappa shape index (κ2) is 11.2. The maximum absolute atomic E-state index is 12.4. The summed E-state index contributed by atoms with van der Waals surface area (Å²) in [6.07, 6.45) is 1.88. The Morgan fingerprint density at radius 2 is 1.91 bits per heavy atom. The highest BCUT2D eigenvalue weighted by Gasteiger charge is 2.33. The van der Waals surface area contributed by atoms with E-state index < -0.39 is 11.9 Å². The molecule has 166 valence electrons. The SMILES string of the molecule is CCOC(=O)C1=C(O)/C(=C/c2cc(Br)ccc2OCc2ccccc2)SC1=NC(=O)CC. The molecule has 0 bridgehead atoms. The van der Waals surface area contributed by atoms with Crippen LogP contribution in [0.5, 0.6) is 5.75 Å². The molecule has 0 unspecified atom stereocenters. The van der Waals surface area contributed by atoms with Gasteiger partial charge in [0.25, 0.3) is 0 Å². The van der Waals surface area contributed by atoms with Crippen molar-refractivity contribution in [3.8, 4) is 5.75 Å². The van der Waals surface area contributed by atoms with Crippen molar-refractivity contribution in [1.82, 2.24) is 0 Å². The molecule has 1 aliphatic rings. The predicted molar refractivity (Wildman–Crippen MR) is 130 cm³/mol. The van der Waals surface area contributed by atoms with Gasteiger partial charge in [0.05, 0.1) is 11.5 Å². The van der Waals surface area contributed by atoms with Gasteiger partial charge in [-0.2, -0.15) is 0 Å². The molecule has 2 aromatic carbocycles. The molecule has 0 aromatic heterocycles. The molecule has 6 nitrogen and oxygen atoms in total. The van der Waals surface area contributed by atoms with E-state index in [-0.39, 0.29) is 29.4 Å². The van der Waals surface area contributed by atoms with Crippen LogP contribution in [0, 0.1) is 0 Å². The highest BCUT2D eigenvalue weighted by atomic mass is 79.9. The molecule has 32 heavy (non-hydrogen) atoms. The van der Waals surface area contributed by atoms with Crippen LogP contribution in [-0.2, 0) is 20.9 Å². The van der Waals surface area contributed by atoms with Gasteiger partial charge < -0.3 is 14.6 Å². The number of thioether (sulfide) groups is 1. The van der Waals surface area contributed by atoms with Crippen LogP contribution in [0.3, 0.4) is 0 Å². The third-order valence-electron chi connectivity index (χ3n) is 4.39. The molecule has 0 spiro atoms. The van der Waals surface area contributed by atoms with Crippen LogP contribution in [0.25, 0.3) is 6.08 Å². The number of amides is 1. The maximum Gasteiger partial charge on any atom is 0.344 e. The first-order valence-electron chi connectivity index (χ1n) is 10.0. The van der Waals surface area contributed by atoms with Crippen molar-refractivity contribution in [3.05, 3.63) is 80.4 Å². The van der Waals surface area contributed by atoms with Gasteiger partial charge in [-0.25, -0.2) is 9.79 Å². The zero-order valence-corrected chi connectivity index (χ0v) is 20.0. The molecule has 0 saturated carbocycles. The lowest BCUT2D eigenvalue weighted by Crippen LogP contribution is -2.14. The summed E-state index contributed by atoms with van der Waals surface area (Å²) < 4.78 is 11.9. The maximum atomic E-state index is 12.4.